The van der Waals surface area contributed by atoms with Crippen molar-refractivity contribution in [3.63, 3.8) is 0 Å². The van der Waals surface area contributed by atoms with E-state index in [0.717, 1.165) is 17.7 Å². The highest BCUT2D eigenvalue weighted by Gasteiger charge is 2.38. The van der Waals surface area contributed by atoms with Crippen LogP contribution in [-0.4, -0.2) is 46.4 Å². The van der Waals surface area contributed by atoms with Crippen LogP contribution in [0.5, 0.6) is 5.75 Å². The summed E-state index contributed by atoms with van der Waals surface area (Å²) < 4.78 is 43.7. The summed E-state index contributed by atoms with van der Waals surface area (Å²) in [7, 11) is 1.57. The first-order valence-corrected chi connectivity index (χ1v) is 10.1. The minimum absolute atomic E-state index is 0.0184. The molecular formula is C23H26F3NO4. The van der Waals surface area contributed by atoms with Crippen molar-refractivity contribution in [2.75, 3.05) is 7.11 Å². The average Bonchev–Trinajstić information content (AvgIpc) is 2.99. The highest BCUT2D eigenvalue weighted by Crippen LogP contribution is 2.30. The molecular weight excluding hydrogens is 411 g/mol. The average molecular weight is 437 g/mol. The highest BCUT2D eigenvalue weighted by atomic mass is 19.4. The smallest absolute Gasteiger partial charge is 0.416 e. The SMILES string of the molecule is COc1ccc(CN2C(=O)C[C@@H](O)[C@@H]2CC[C@@H](O)Cc2cccc(C(F)(F)F)c2)cc1. The van der Waals surface area contributed by atoms with Crippen molar-refractivity contribution in [1.29, 1.82) is 0 Å². The van der Waals surface area contributed by atoms with Gasteiger partial charge in [0.2, 0.25) is 5.91 Å². The second-order valence-electron chi connectivity index (χ2n) is 7.84. The molecule has 1 heterocycles. The van der Waals surface area contributed by atoms with Crippen molar-refractivity contribution in [2.45, 2.75) is 56.7 Å². The van der Waals surface area contributed by atoms with Crippen LogP contribution < -0.4 is 4.74 Å². The Bertz CT molecular complexity index is 885. The number of likely N-dealkylation sites (tertiary alicyclic amines) is 1. The third-order valence-corrected chi connectivity index (χ3v) is 5.58. The number of aliphatic hydroxyl groups is 2. The molecule has 5 nitrogen and oxygen atoms in total. The lowest BCUT2D eigenvalue weighted by molar-refractivity contribution is -0.137. The zero-order valence-corrected chi connectivity index (χ0v) is 17.2. The maximum Gasteiger partial charge on any atom is 0.416 e. The van der Waals surface area contributed by atoms with E-state index in [1.165, 1.54) is 6.07 Å². The summed E-state index contributed by atoms with van der Waals surface area (Å²) in [6, 6.07) is 11.7. The lowest BCUT2D eigenvalue weighted by Crippen LogP contribution is -2.37. The first-order valence-electron chi connectivity index (χ1n) is 10.1. The lowest BCUT2D eigenvalue weighted by Gasteiger charge is -2.27. The van der Waals surface area contributed by atoms with Gasteiger partial charge in [-0.25, -0.2) is 0 Å². The molecule has 8 heteroatoms. The van der Waals surface area contributed by atoms with Crippen LogP contribution in [0.15, 0.2) is 48.5 Å². The van der Waals surface area contributed by atoms with E-state index in [0.29, 0.717) is 24.3 Å². The van der Waals surface area contributed by atoms with Crippen molar-refractivity contribution in [1.82, 2.24) is 4.90 Å². The topological polar surface area (TPSA) is 70.0 Å². The van der Waals surface area contributed by atoms with Gasteiger partial charge >= 0.3 is 6.18 Å². The van der Waals surface area contributed by atoms with Gasteiger partial charge in [0.15, 0.2) is 0 Å². The van der Waals surface area contributed by atoms with Crippen molar-refractivity contribution < 1.29 is 32.9 Å². The molecule has 1 aliphatic heterocycles. The molecule has 2 aromatic rings. The van der Waals surface area contributed by atoms with E-state index in [1.807, 2.05) is 12.1 Å². The number of halogens is 3. The van der Waals surface area contributed by atoms with E-state index in [1.54, 1.807) is 30.2 Å². The fraction of sp³-hybridized carbons (Fsp3) is 0.435. The number of methoxy groups -OCH3 is 1. The number of nitrogens with zero attached hydrogens (tertiary/aromatic N) is 1. The molecule has 0 spiro atoms. The van der Waals surface area contributed by atoms with E-state index in [4.69, 9.17) is 4.74 Å². The van der Waals surface area contributed by atoms with Crippen LogP contribution >= 0.6 is 0 Å². The summed E-state index contributed by atoms with van der Waals surface area (Å²) in [5.41, 5.74) is 0.526. The first kappa shape index (κ1) is 23.1. The molecule has 1 aliphatic rings. The van der Waals surface area contributed by atoms with Crippen molar-refractivity contribution in [3.05, 3.63) is 65.2 Å². The highest BCUT2D eigenvalue weighted by molar-refractivity contribution is 5.79. The van der Waals surface area contributed by atoms with Gasteiger partial charge in [0.1, 0.15) is 5.75 Å². The molecule has 1 amide bonds. The zero-order chi connectivity index (χ0) is 22.6. The summed E-state index contributed by atoms with van der Waals surface area (Å²) >= 11 is 0. The normalized spacial score (nSPS) is 20.2. The maximum absolute atomic E-state index is 12.9. The molecule has 0 bridgehead atoms. The number of carbonyl (C=O) groups excluding carboxylic acids is 1. The van der Waals surface area contributed by atoms with E-state index in [2.05, 4.69) is 0 Å². The summed E-state index contributed by atoms with van der Waals surface area (Å²) in [6.45, 7) is 0.328. The van der Waals surface area contributed by atoms with Crippen molar-refractivity contribution in [2.24, 2.45) is 0 Å². The number of hydrogen-bond acceptors (Lipinski definition) is 4. The molecule has 31 heavy (non-hydrogen) atoms. The van der Waals surface area contributed by atoms with Crippen LogP contribution in [0, 0.1) is 0 Å². The van der Waals surface area contributed by atoms with E-state index in [9.17, 15) is 28.2 Å². The zero-order valence-electron chi connectivity index (χ0n) is 17.2. The first-order chi connectivity index (χ1) is 14.7. The molecule has 0 aromatic heterocycles. The largest absolute Gasteiger partial charge is 0.497 e. The summed E-state index contributed by atoms with van der Waals surface area (Å²) in [5.74, 6) is 0.534. The molecule has 0 saturated carbocycles. The predicted molar refractivity (Wildman–Crippen MR) is 108 cm³/mol. The number of alkyl halides is 3. The van der Waals surface area contributed by atoms with Crippen LogP contribution in [0.1, 0.15) is 36.0 Å². The minimum Gasteiger partial charge on any atom is -0.497 e. The Kier molecular flexibility index (Phi) is 7.23. The maximum atomic E-state index is 12.9. The van der Waals surface area contributed by atoms with Crippen molar-refractivity contribution in [3.8, 4) is 5.75 Å². The Labute approximate surface area is 179 Å². The minimum atomic E-state index is -4.43. The quantitative estimate of drug-likeness (QED) is 0.663. The fourth-order valence-electron chi connectivity index (χ4n) is 3.92. The van der Waals surface area contributed by atoms with Gasteiger partial charge in [0, 0.05) is 6.54 Å². The van der Waals surface area contributed by atoms with E-state index in [-0.39, 0.29) is 25.2 Å². The van der Waals surface area contributed by atoms with Crippen LogP contribution in [0.4, 0.5) is 13.2 Å². The Morgan fingerprint density at radius 1 is 1.16 bits per heavy atom. The number of aliphatic hydroxyl groups excluding tert-OH is 2. The second-order valence-corrected chi connectivity index (χ2v) is 7.84. The Morgan fingerprint density at radius 2 is 1.87 bits per heavy atom. The Morgan fingerprint density at radius 3 is 2.52 bits per heavy atom. The van der Waals surface area contributed by atoms with Gasteiger partial charge in [-0.15, -0.1) is 0 Å². The van der Waals surface area contributed by atoms with E-state index >= 15 is 0 Å². The van der Waals surface area contributed by atoms with Gasteiger partial charge in [-0.1, -0.05) is 30.3 Å². The molecule has 1 fully saturated rings. The van der Waals surface area contributed by atoms with Gasteiger partial charge in [-0.2, -0.15) is 13.2 Å². The second kappa shape index (κ2) is 9.70. The van der Waals surface area contributed by atoms with E-state index < -0.39 is 30.0 Å². The van der Waals surface area contributed by atoms with Crippen LogP contribution in [-0.2, 0) is 23.9 Å². The van der Waals surface area contributed by atoms with Crippen LogP contribution in [0.3, 0.4) is 0 Å². The van der Waals surface area contributed by atoms with Gasteiger partial charge in [-0.3, -0.25) is 4.79 Å². The number of benzene rings is 2. The van der Waals surface area contributed by atoms with Crippen LogP contribution in [0.2, 0.25) is 0 Å². The molecule has 3 atom stereocenters. The molecule has 3 rings (SSSR count). The predicted octanol–water partition coefficient (Wildman–Crippen LogP) is 3.56. The fourth-order valence-corrected chi connectivity index (χ4v) is 3.92. The van der Waals surface area contributed by atoms with Gasteiger partial charge < -0.3 is 19.8 Å². The number of amides is 1. The molecule has 1 saturated heterocycles. The number of hydrogen-bond donors (Lipinski definition) is 2. The van der Waals surface area contributed by atoms with Gasteiger partial charge in [0.05, 0.1) is 37.3 Å². The van der Waals surface area contributed by atoms with Crippen molar-refractivity contribution >= 4 is 5.91 Å². The number of rotatable bonds is 8. The van der Waals surface area contributed by atoms with Gasteiger partial charge in [0.25, 0.3) is 0 Å². The molecule has 168 valence electrons. The molecule has 0 radical (unpaired) electrons. The molecule has 2 aromatic carbocycles. The lowest BCUT2D eigenvalue weighted by atomic mass is 9.98. The number of ether oxygens (including phenoxy) is 1. The van der Waals surface area contributed by atoms with Crippen LogP contribution in [0.25, 0.3) is 0 Å². The standard InChI is InChI=1S/C23H26F3NO4/c1-31-19-8-5-15(6-9-19)14-27-20(21(29)13-22(27)30)10-7-18(28)12-16-3-2-4-17(11-16)23(24,25)26/h2-6,8-9,11,18,20-21,28-29H,7,10,12-14H2,1H3/t18-,20+,21-/m1/s1. The Hall–Kier alpha value is -2.58. The summed E-state index contributed by atoms with van der Waals surface area (Å²) in [4.78, 5) is 14.0. The monoisotopic (exact) mass is 437 g/mol. The third-order valence-electron chi connectivity index (χ3n) is 5.58. The third kappa shape index (κ3) is 5.98. The molecule has 2 N–H and O–H groups in total. The molecule has 0 unspecified atom stereocenters. The molecule has 0 aliphatic carbocycles. The summed E-state index contributed by atoms with van der Waals surface area (Å²) in [6.07, 6.45) is -5.46. The van der Waals surface area contributed by atoms with Gasteiger partial charge in [-0.05, 0) is 48.6 Å². The Balaban J connectivity index is 1.60. The summed E-state index contributed by atoms with van der Waals surface area (Å²) in [5, 5.41) is 20.7. The number of carbonyl (C=O) groups is 1.